The first-order chi connectivity index (χ1) is 11.8. The first-order valence-electron chi connectivity index (χ1n) is 7.95. The molecule has 1 aliphatic heterocycles. The molecule has 2 rings (SSSR count). The third-order valence-electron chi connectivity index (χ3n) is 4.23. The monoisotopic (exact) mass is 388 g/mol. The summed E-state index contributed by atoms with van der Waals surface area (Å²) in [5.74, 6) is -1.01. The number of nitrogens with one attached hydrogen (secondary N) is 1. The van der Waals surface area contributed by atoms with E-state index in [-0.39, 0.29) is 23.1 Å². The van der Waals surface area contributed by atoms with Crippen LogP contribution in [0.4, 0.5) is 5.69 Å². The Kier molecular flexibility index (Phi) is 6.42. The number of sulfonamides is 1. The minimum absolute atomic E-state index is 0.0553. The zero-order valence-corrected chi connectivity index (χ0v) is 15.7. The number of methoxy groups -OCH3 is 1. The van der Waals surface area contributed by atoms with E-state index >= 15 is 0 Å². The third kappa shape index (κ3) is 4.71. The highest BCUT2D eigenvalue weighted by molar-refractivity contribution is 7.89. The summed E-state index contributed by atoms with van der Waals surface area (Å²) in [6.45, 7) is 2.25. The van der Waals surface area contributed by atoms with Crippen molar-refractivity contribution in [1.29, 1.82) is 0 Å². The molecule has 0 saturated carbocycles. The minimum Gasteiger partial charge on any atom is -0.465 e. The number of rotatable bonds is 5. The first kappa shape index (κ1) is 19.7. The fourth-order valence-electron chi connectivity index (χ4n) is 2.68. The molecule has 9 heteroatoms. The number of halogens is 1. The van der Waals surface area contributed by atoms with Crippen molar-refractivity contribution in [3.63, 3.8) is 0 Å². The van der Waals surface area contributed by atoms with Gasteiger partial charge in [0, 0.05) is 19.0 Å². The fourth-order valence-corrected chi connectivity index (χ4v) is 3.98. The fraction of sp³-hybridized carbons (Fsp3) is 0.500. The van der Waals surface area contributed by atoms with Gasteiger partial charge in [-0.15, -0.1) is 0 Å². The number of esters is 1. The highest BCUT2D eigenvalue weighted by Gasteiger charge is 2.30. The van der Waals surface area contributed by atoms with Crippen LogP contribution in [0.1, 0.15) is 30.1 Å². The maximum atomic E-state index is 12.4. The second-order valence-electron chi connectivity index (χ2n) is 5.75. The molecule has 1 N–H and O–H groups in total. The van der Waals surface area contributed by atoms with Crippen molar-refractivity contribution in [2.45, 2.75) is 19.8 Å². The second-order valence-corrected chi connectivity index (χ2v) is 8.41. The lowest BCUT2D eigenvalue weighted by molar-refractivity contribution is -0.120. The predicted molar refractivity (Wildman–Crippen MR) is 95.2 cm³/mol. The van der Waals surface area contributed by atoms with Crippen LogP contribution in [0.5, 0.6) is 0 Å². The smallest absolute Gasteiger partial charge is 0.337 e. The number of amides is 1. The molecule has 1 aromatic carbocycles. The van der Waals surface area contributed by atoms with Gasteiger partial charge in [0.1, 0.15) is 0 Å². The molecule has 0 spiro atoms. The molecule has 0 unspecified atom stereocenters. The number of benzene rings is 1. The first-order valence-corrected chi connectivity index (χ1v) is 9.93. The van der Waals surface area contributed by atoms with Gasteiger partial charge in [-0.3, -0.25) is 4.79 Å². The normalized spacial score (nSPS) is 16.4. The van der Waals surface area contributed by atoms with Crippen LogP contribution in [0.25, 0.3) is 0 Å². The van der Waals surface area contributed by atoms with Gasteiger partial charge in [-0.25, -0.2) is 17.5 Å². The summed E-state index contributed by atoms with van der Waals surface area (Å²) in [6, 6.07) is 4.49. The quantitative estimate of drug-likeness (QED) is 0.780. The maximum Gasteiger partial charge on any atom is 0.337 e. The van der Waals surface area contributed by atoms with Crippen LogP contribution in [0.15, 0.2) is 18.2 Å². The standard InChI is InChI=1S/C16H21ClN2O5S/c1-3-25(22,23)19-8-6-11(7-9-19)15(20)18-14-10-12(16(21)24-2)4-5-13(14)17/h4-5,10-11H,3,6-9H2,1-2H3,(H,18,20). The van der Waals surface area contributed by atoms with E-state index in [1.807, 2.05) is 0 Å². The second kappa shape index (κ2) is 8.16. The van der Waals surface area contributed by atoms with E-state index in [4.69, 9.17) is 11.6 Å². The molecule has 0 radical (unpaired) electrons. The van der Waals surface area contributed by atoms with Crippen LogP contribution in [0, 0.1) is 5.92 Å². The highest BCUT2D eigenvalue weighted by atomic mass is 35.5. The van der Waals surface area contributed by atoms with Gasteiger partial charge in [-0.2, -0.15) is 0 Å². The topological polar surface area (TPSA) is 92.8 Å². The predicted octanol–water partition coefficient (Wildman–Crippen LogP) is 2.13. The number of piperidine rings is 1. The molecule has 1 fully saturated rings. The number of carbonyl (C=O) groups excluding carboxylic acids is 2. The number of carbonyl (C=O) groups is 2. The van der Waals surface area contributed by atoms with Crippen molar-refractivity contribution < 1.29 is 22.7 Å². The Morgan fingerprint density at radius 1 is 1.32 bits per heavy atom. The molecule has 1 amide bonds. The number of hydrogen-bond acceptors (Lipinski definition) is 5. The molecule has 0 aromatic heterocycles. The van der Waals surface area contributed by atoms with Gasteiger partial charge in [-0.05, 0) is 38.0 Å². The maximum absolute atomic E-state index is 12.4. The van der Waals surface area contributed by atoms with E-state index in [2.05, 4.69) is 10.1 Å². The summed E-state index contributed by atoms with van der Waals surface area (Å²) in [6.07, 6.45) is 0.888. The van der Waals surface area contributed by atoms with Crippen molar-refractivity contribution in [3.05, 3.63) is 28.8 Å². The highest BCUT2D eigenvalue weighted by Crippen LogP contribution is 2.26. The molecule has 138 valence electrons. The Balaban J connectivity index is 2.03. The molecule has 0 aliphatic carbocycles. The number of ether oxygens (including phenoxy) is 1. The molecular weight excluding hydrogens is 368 g/mol. The molecule has 1 saturated heterocycles. The third-order valence-corrected chi connectivity index (χ3v) is 6.44. The van der Waals surface area contributed by atoms with E-state index in [0.717, 1.165) is 0 Å². The van der Waals surface area contributed by atoms with Crippen LogP contribution in [-0.2, 0) is 19.6 Å². The summed E-state index contributed by atoms with van der Waals surface area (Å²) in [4.78, 5) is 24.0. The Bertz CT molecular complexity index is 758. The van der Waals surface area contributed by atoms with Gasteiger partial charge < -0.3 is 10.1 Å². The van der Waals surface area contributed by atoms with Crippen LogP contribution in [-0.4, -0.2) is 50.6 Å². The van der Waals surface area contributed by atoms with Crippen LogP contribution < -0.4 is 5.32 Å². The van der Waals surface area contributed by atoms with Gasteiger partial charge in [0.15, 0.2) is 0 Å². The Morgan fingerprint density at radius 2 is 1.96 bits per heavy atom. The van der Waals surface area contributed by atoms with Gasteiger partial charge >= 0.3 is 5.97 Å². The molecule has 1 heterocycles. The van der Waals surface area contributed by atoms with E-state index in [0.29, 0.717) is 36.6 Å². The van der Waals surface area contributed by atoms with Crippen molar-refractivity contribution in [1.82, 2.24) is 4.31 Å². The van der Waals surface area contributed by atoms with Crippen molar-refractivity contribution >= 4 is 39.2 Å². The van der Waals surface area contributed by atoms with Crippen LogP contribution in [0.3, 0.4) is 0 Å². The minimum atomic E-state index is -3.22. The summed E-state index contributed by atoms with van der Waals surface area (Å²) in [7, 11) is -1.95. The number of anilines is 1. The lowest BCUT2D eigenvalue weighted by Gasteiger charge is -2.30. The molecule has 0 atom stereocenters. The SMILES string of the molecule is CCS(=O)(=O)N1CCC(C(=O)Nc2cc(C(=O)OC)ccc2Cl)CC1. The zero-order valence-electron chi connectivity index (χ0n) is 14.1. The van der Waals surface area contributed by atoms with Gasteiger partial charge in [0.25, 0.3) is 0 Å². The summed E-state index contributed by atoms with van der Waals surface area (Å²) in [5.41, 5.74) is 0.615. The molecular formula is C16H21ClN2O5S. The number of nitrogens with zero attached hydrogens (tertiary/aromatic N) is 1. The van der Waals surface area contributed by atoms with Crippen LogP contribution >= 0.6 is 11.6 Å². The lowest BCUT2D eigenvalue weighted by Crippen LogP contribution is -2.42. The summed E-state index contributed by atoms with van der Waals surface area (Å²) >= 11 is 6.07. The van der Waals surface area contributed by atoms with Gasteiger partial charge in [0.2, 0.25) is 15.9 Å². The Hall–Kier alpha value is -1.64. The van der Waals surface area contributed by atoms with Crippen molar-refractivity contribution in [2.24, 2.45) is 5.92 Å². The largest absolute Gasteiger partial charge is 0.465 e. The lowest BCUT2D eigenvalue weighted by atomic mass is 9.97. The summed E-state index contributed by atoms with van der Waals surface area (Å²) in [5, 5.41) is 3.03. The zero-order chi connectivity index (χ0) is 18.6. The molecule has 7 nitrogen and oxygen atoms in total. The summed E-state index contributed by atoms with van der Waals surface area (Å²) < 4.78 is 29.8. The molecule has 25 heavy (non-hydrogen) atoms. The Morgan fingerprint density at radius 3 is 2.52 bits per heavy atom. The van der Waals surface area contributed by atoms with Gasteiger partial charge in [0.05, 0.1) is 29.1 Å². The van der Waals surface area contributed by atoms with E-state index in [1.165, 1.54) is 29.6 Å². The average Bonchev–Trinajstić information content (AvgIpc) is 2.62. The molecule has 0 bridgehead atoms. The average molecular weight is 389 g/mol. The van der Waals surface area contributed by atoms with E-state index in [1.54, 1.807) is 6.92 Å². The van der Waals surface area contributed by atoms with Crippen molar-refractivity contribution in [3.8, 4) is 0 Å². The van der Waals surface area contributed by atoms with Crippen molar-refractivity contribution in [2.75, 3.05) is 31.3 Å². The molecule has 1 aliphatic rings. The van der Waals surface area contributed by atoms with Gasteiger partial charge in [-0.1, -0.05) is 11.6 Å². The Labute approximate surface area is 152 Å². The van der Waals surface area contributed by atoms with E-state index < -0.39 is 16.0 Å². The molecule has 1 aromatic rings. The van der Waals surface area contributed by atoms with Crippen LogP contribution in [0.2, 0.25) is 5.02 Å². The van der Waals surface area contributed by atoms with E-state index in [9.17, 15) is 18.0 Å². The number of hydrogen-bond donors (Lipinski definition) is 1.